The highest BCUT2D eigenvalue weighted by Gasteiger charge is 2.35. The van der Waals surface area contributed by atoms with Crippen LogP contribution in [0.4, 0.5) is 4.79 Å². The van der Waals surface area contributed by atoms with Crippen molar-refractivity contribution in [1.82, 2.24) is 15.5 Å². The van der Waals surface area contributed by atoms with Gasteiger partial charge in [0, 0.05) is 23.5 Å². The number of rotatable bonds is 8. The van der Waals surface area contributed by atoms with E-state index in [1.165, 1.54) is 11.3 Å². The minimum Gasteiger partial charge on any atom is -0.353 e. The van der Waals surface area contributed by atoms with Crippen molar-refractivity contribution in [3.05, 3.63) is 62.7 Å². The maximum absolute atomic E-state index is 12.7. The molecular formula is C23H25N3O4S2. The van der Waals surface area contributed by atoms with Gasteiger partial charge in [0.25, 0.3) is 17.1 Å². The zero-order valence-corrected chi connectivity index (χ0v) is 19.7. The molecule has 0 bridgehead atoms. The zero-order chi connectivity index (χ0) is 23.3. The number of nitrogens with one attached hydrogen (secondary N) is 2. The summed E-state index contributed by atoms with van der Waals surface area (Å²) in [4.78, 5) is 52.4. The summed E-state index contributed by atoms with van der Waals surface area (Å²) in [6, 6.07) is 10.1. The molecule has 1 aliphatic rings. The van der Waals surface area contributed by atoms with Gasteiger partial charge < -0.3 is 10.6 Å². The van der Waals surface area contributed by atoms with Crippen LogP contribution < -0.4 is 10.6 Å². The Labute approximate surface area is 195 Å². The van der Waals surface area contributed by atoms with Gasteiger partial charge in [-0.05, 0) is 54.3 Å². The summed E-state index contributed by atoms with van der Waals surface area (Å²) in [7, 11) is 0. The van der Waals surface area contributed by atoms with Crippen molar-refractivity contribution in [3.63, 3.8) is 0 Å². The highest BCUT2D eigenvalue weighted by atomic mass is 32.2. The Morgan fingerprint density at radius 3 is 2.47 bits per heavy atom. The summed E-state index contributed by atoms with van der Waals surface area (Å²) in [5.41, 5.74) is 1.52. The van der Waals surface area contributed by atoms with Crippen molar-refractivity contribution in [3.8, 4) is 0 Å². The number of carbonyl (C=O) groups excluding carboxylic acids is 4. The quantitative estimate of drug-likeness (QED) is 0.573. The van der Waals surface area contributed by atoms with Crippen LogP contribution in [-0.4, -0.2) is 47.0 Å². The molecule has 32 heavy (non-hydrogen) atoms. The molecule has 9 heteroatoms. The second kappa shape index (κ2) is 10.6. The molecule has 7 nitrogen and oxygen atoms in total. The zero-order valence-electron chi connectivity index (χ0n) is 18.1. The number of hydrogen-bond acceptors (Lipinski definition) is 6. The lowest BCUT2D eigenvalue weighted by Crippen LogP contribution is -2.51. The van der Waals surface area contributed by atoms with Gasteiger partial charge in [0.1, 0.15) is 6.04 Å². The van der Waals surface area contributed by atoms with E-state index < -0.39 is 6.04 Å². The van der Waals surface area contributed by atoms with Gasteiger partial charge in [0.2, 0.25) is 5.91 Å². The summed E-state index contributed by atoms with van der Waals surface area (Å²) in [5, 5.41) is 7.04. The third kappa shape index (κ3) is 5.86. The van der Waals surface area contributed by atoms with Crippen LogP contribution in [0.5, 0.6) is 0 Å². The van der Waals surface area contributed by atoms with E-state index in [2.05, 4.69) is 10.6 Å². The van der Waals surface area contributed by atoms with Gasteiger partial charge in [0.15, 0.2) is 0 Å². The van der Waals surface area contributed by atoms with E-state index in [4.69, 9.17) is 0 Å². The van der Waals surface area contributed by atoms with Crippen molar-refractivity contribution in [2.45, 2.75) is 26.8 Å². The Hall–Kier alpha value is -2.91. The minimum absolute atomic E-state index is 0.0644. The van der Waals surface area contributed by atoms with Crippen LogP contribution in [0.1, 0.15) is 34.6 Å². The van der Waals surface area contributed by atoms with Crippen LogP contribution in [0, 0.1) is 12.8 Å². The molecule has 1 aromatic carbocycles. The van der Waals surface area contributed by atoms with E-state index in [-0.39, 0.29) is 42.0 Å². The van der Waals surface area contributed by atoms with E-state index in [9.17, 15) is 19.2 Å². The Kier molecular flexibility index (Phi) is 7.87. The van der Waals surface area contributed by atoms with Crippen LogP contribution in [0.15, 0.2) is 46.7 Å². The topological polar surface area (TPSA) is 95.6 Å². The number of carbonyl (C=O) groups is 4. The van der Waals surface area contributed by atoms with Crippen molar-refractivity contribution in [1.29, 1.82) is 0 Å². The predicted molar refractivity (Wildman–Crippen MR) is 127 cm³/mol. The normalized spacial score (nSPS) is 16.0. The number of imide groups is 1. The van der Waals surface area contributed by atoms with E-state index in [0.29, 0.717) is 10.5 Å². The first-order chi connectivity index (χ1) is 15.3. The van der Waals surface area contributed by atoms with E-state index in [0.717, 1.165) is 27.1 Å². The first kappa shape index (κ1) is 23.7. The average molecular weight is 472 g/mol. The fourth-order valence-corrected chi connectivity index (χ4v) is 4.65. The number of thiophene rings is 1. The molecule has 2 aromatic rings. The fraction of sp³-hybridized carbons (Fsp3) is 0.304. The fourth-order valence-electron chi connectivity index (χ4n) is 3.06. The number of nitrogens with zero attached hydrogens (tertiary/aromatic N) is 1. The maximum Gasteiger partial charge on any atom is 0.293 e. The minimum atomic E-state index is -0.738. The molecule has 1 atom stereocenters. The molecule has 1 aromatic heterocycles. The molecule has 0 radical (unpaired) electrons. The van der Waals surface area contributed by atoms with Crippen LogP contribution in [0.3, 0.4) is 0 Å². The lowest BCUT2D eigenvalue weighted by Gasteiger charge is -2.22. The molecule has 168 valence electrons. The maximum atomic E-state index is 12.7. The van der Waals surface area contributed by atoms with Gasteiger partial charge >= 0.3 is 0 Å². The first-order valence-corrected chi connectivity index (χ1v) is 11.9. The van der Waals surface area contributed by atoms with Gasteiger partial charge in [0.05, 0.1) is 4.91 Å². The SMILES string of the molecule is Cc1ccc(C(=O)NC(C(=O)NCCN2C(=O)SC(=Cc3cccs3)C2=O)C(C)C)cc1. The molecule has 1 fully saturated rings. The number of thioether (sulfide) groups is 1. The van der Waals surface area contributed by atoms with Crippen LogP contribution in [0.25, 0.3) is 6.08 Å². The standard InChI is InChI=1S/C23H25N3O4S2/c1-14(2)19(25-20(27)16-8-6-15(3)7-9-16)21(28)24-10-11-26-22(29)18(32-23(26)30)13-17-5-4-12-31-17/h4-9,12-14,19H,10-11H2,1-3H3,(H,24,28)(H,25,27). The summed E-state index contributed by atoms with van der Waals surface area (Å²) in [6.07, 6.45) is 1.70. The average Bonchev–Trinajstić information content (AvgIpc) is 3.35. The molecule has 1 saturated heterocycles. The van der Waals surface area contributed by atoms with Gasteiger partial charge in [-0.2, -0.15) is 0 Å². The highest BCUT2D eigenvalue weighted by molar-refractivity contribution is 8.18. The van der Waals surface area contributed by atoms with Crippen molar-refractivity contribution >= 4 is 52.1 Å². The summed E-state index contributed by atoms with van der Waals surface area (Å²) >= 11 is 2.37. The van der Waals surface area contributed by atoms with Gasteiger partial charge in [-0.15, -0.1) is 11.3 Å². The molecular weight excluding hydrogens is 446 g/mol. The lowest BCUT2D eigenvalue weighted by molar-refractivity contribution is -0.125. The molecule has 0 aliphatic carbocycles. The molecule has 2 N–H and O–H groups in total. The first-order valence-electron chi connectivity index (χ1n) is 10.2. The lowest BCUT2D eigenvalue weighted by atomic mass is 10.0. The molecule has 0 spiro atoms. The molecule has 3 rings (SSSR count). The van der Waals surface area contributed by atoms with E-state index in [1.807, 2.05) is 50.4 Å². The Morgan fingerprint density at radius 1 is 1.12 bits per heavy atom. The molecule has 1 aliphatic heterocycles. The predicted octanol–water partition coefficient (Wildman–Crippen LogP) is 3.66. The Bertz CT molecular complexity index is 1030. The smallest absolute Gasteiger partial charge is 0.293 e. The Balaban J connectivity index is 1.55. The summed E-state index contributed by atoms with van der Waals surface area (Å²) in [5.74, 6) is -1.20. The second-order valence-corrected chi connectivity index (χ2v) is 9.67. The Morgan fingerprint density at radius 2 is 1.84 bits per heavy atom. The van der Waals surface area contributed by atoms with Gasteiger partial charge in [-0.1, -0.05) is 37.6 Å². The van der Waals surface area contributed by atoms with Crippen molar-refractivity contribution in [2.75, 3.05) is 13.1 Å². The van der Waals surface area contributed by atoms with Crippen molar-refractivity contribution < 1.29 is 19.2 Å². The van der Waals surface area contributed by atoms with Crippen LogP contribution in [-0.2, 0) is 9.59 Å². The second-order valence-electron chi connectivity index (χ2n) is 7.70. The monoisotopic (exact) mass is 471 g/mol. The third-order valence-corrected chi connectivity index (χ3v) is 6.60. The number of aryl methyl sites for hydroxylation is 1. The van der Waals surface area contributed by atoms with E-state index >= 15 is 0 Å². The third-order valence-electron chi connectivity index (χ3n) is 4.87. The molecule has 1 unspecified atom stereocenters. The largest absolute Gasteiger partial charge is 0.353 e. The number of benzene rings is 1. The van der Waals surface area contributed by atoms with Crippen LogP contribution in [0.2, 0.25) is 0 Å². The number of amides is 4. The molecule has 0 saturated carbocycles. The van der Waals surface area contributed by atoms with Gasteiger partial charge in [-0.25, -0.2) is 0 Å². The van der Waals surface area contributed by atoms with Crippen molar-refractivity contribution in [2.24, 2.45) is 5.92 Å². The van der Waals surface area contributed by atoms with Gasteiger partial charge in [-0.3, -0.25) is 24.1 Å². The molecule has 2 heterocycles. The van der Waals surface area contributed by atoms with E-state index in [1.54, 1.807) is 18.2 Å². The summed E-state index contributed by atoms with van der Waals surface area (Å²) in [6.45, 7) is 5.78. The van der Waals surface area contributed by atoms with Crippen LogP contribution >= 0.6 is 23.1 Å². The highest BCUT2D eigenvalue weighted by Crippen LogP contribution is 2.32. The molecule has 4 amide bonds. The number of hydrogen-bond donors (Lipinski definition) is 2. The summed E-state index contributed by atoms with van der Waals surface area (Å²) < 4.78 is 0.